The van der Waals surface area contributed by atoms with E-state index in [1.54, 1.807) is 29.5 Å². The lowest BCUT2D eigenvalue weighted by molar-refractivity contribution is -0.134. The fourth-order valence-corrected chi connectivity index (χ4v) is 5.21. The number of fused-ring (bicyclic) bond motifs is 1. The van der Waals surface area contributed by atoms with Crippen LogP contribution in [0.25, 0.3) is 0 Å². The molecule has 4 rings (SSSR count). The molecule has 0 atom stereocenters. The Morgan fingerprint density at radius 2 is 1.81 bits per heavy atom. The molecule has 0 unspecified atom stereocenters. The highest BCUT2D eigenvalue weighted by atomic mass is 32.1. The number of likely N-dealkylation sites (tertiary alicyclic amines) is 1. The second kappa shape index (κ2) is 10.8. The van der Waals surface area contributed by atoms with Crippen molar-refractivity contribution in [3.05, 3.63) is 34.3 Å². The number of nitrogens with one attached hydrogen (secondary N) is 1. The summed E-state index contributed by atoms with van der Waals surface area (Å²) in [6.07, 6.45) is 8.86. The summed E-state index contributed by atoms with van der Waals surface area (Å²) in [5.41, 5.74) is 1.59. The summed E-state index contributed by atoms with van der Waals surface area (Å²) in [4.78, 5) is 33.0. The number of ether oxygens (including phenoxy) is 2. The van der Waals surface area contributed by atoms with E-state index in [4.69, 9.17) is 9.47 Å². The van der Waals surface area contributed by atoms with Gasteiger partial charge in [-0.25, -0.2) is 4.98 Å². The molecule has 2 amide bonds. The summed E-state index contributed by atoms with van der Waals surface area (Å²) in [5, 5.41) is 3.57. The van der Waals surface area contributed by atoms with Gasteiger partial charge in [0.2, 0.25) is 0 Å². The van der Waals surface area contributed by atoms with Crippen LogP contribution in [0.1, 0.15) is 66.4 Å². The second-order valence-electron chi connectivity index (χ2n) is 8.23. The minimum Gasteiger partial charge on any atom is -0.490 e. The number of carbonyl (C=O) groups excluding carboxylic acids is 2. The van der Waals surface area contributed by atoms with E-state index in [0.717, 1.165) is 50.9 Å². The van der Waals surface area contributed by atoms with Gasteiger partial charge in [-0.3, -0.25) is 14.9 Å². The lowest BCUT2D eigenvalue weighted by Gasteiger charge is -2.26. The van der Waals surface area contributed by atoms with Crippen molar-refractivity contribution in [1.29, 1.82) is 0 Å². The zero-order valence-corrected chi connectivity index (χ0v) is 19.5. The Labute approximate surface area is 193 Å². The standard InChI is InChI=1S/C24H31N3O4S/c1-2-30-20-15-17(11-12-19(20)31-16-22(28)27-13-7-4-8-14-27)23(29)26-24-25-18-9-5-3-6-10-21(18)32-24/h11-12,15H,2-10,13-14,16H2,1H3,(H,25,26,29). The molecule has 0 spiro atoms. The minimum atomic E-state index is -0.231. The number of amides is 2. The van der Waals surface area contributed by atoms with Crippen LogP contribution in [0.15, 0.2) is 18.2 Å². The molecule has 2 aliphatic rings. The van der Waals surface area contributed by atoms with Crippen molar-refractivity contribution in [2.75, 3.05) is 31.6 Å². The molecular formula is C24H31N3O4S. The van der Waals surface area contributed by atoms with Crippen LogP contribution in [-0.2, 0) is 17.6 Å². The highest BCUT2D eigenvalue weighted by Crippen LogP contribution is 2.31. The lowest BCUT2D eigenvalue weighted by atomic mass is 10.1. The molecule has 1 aromatic carbocycles. The van der Waals surface area contributed by atoms with Gasteiger partial charge in [0.05, 0.1) is 12.3 Å². The molecule has 8 heteroatoms. The topological polar surface area (TPSA) is 80.8 Å². The Kier molecular flexibility index (Phi) is 7.63. The molecule has 0 radical (unpaired) electrons. The molecule has 2 heterocycles. The van der Waals surface area contributed by atoms with Gasteiger partial charge >= 0.3 is 0 Å². The number of carbonyl (C=O) groups is 2. The third kappa shape index (κ3) is 5.59. The maximum absolute atomic E-state index is 12.8. The van der Waals surface area contributed by atoms with E-state index in [2.05, 4.69) is 10.3 Å². The molecule has 1 fully saturated rings. The molecule has 32 heavy (non-hydrogen) atoms. The molecule has 0 saturated carbocycles. The predicted molar refractivity (Wildman–Crippen MR) is 125 cm³/mol. The van der Waals surface area contributed by atoms with Crippen molar-refractivity contribution < 1.29 is 19.1 Å². The fraction of sp³-hybridized carbons (Fsp3) is 0.542. The van der Waals surface area contributed by atoms with Gasteiger partial charge < -0.3 is 14.4 Å². The van der Waals surface area contributed by atoms with Crippen molar-refractivity contribution in [2.24, 2.45) is 0 Å². The van der Waals surface area contributed by atoms with Crippen molar-refractivity contribution in [2.45, 2.75) is 58.3 Å². The quantitative estimate of drug-likeness (QED) is 0.621. The smallest absolute Gasteiger partial charge is 0.260 e. The van der Waals surface area contributed by atoms with Gasteiger partial charge in [0.1, 0.15) is 0 Å². The van der Waals surface area contributed by atoms with Gasteiger partial charge in [0.25, 0.3) is 11.8 Å². The molecule has 172 valence electrons. The number of aryl methyl sites for hydroxylation is 2. The number of thiazole rings is 1. The second-order valence-corrected chi connectivity index (χ2v) is 9.31. The fourth-order valence-electron chi connectivity index (χ4n) is 4.16. The van der Waals surface area contributed by atoms with E-state index in [0.29, 0.717) is 28.8 Å². The first-order valence-corrected chi connectivity index (χ1v) is 12.4. The van der Waals surface area contributed by atoms with E-state index in [9.17, 15) is 9.59 Å². The Balaban J connectivity index is 1.41. The predicted octanol–water partition coefficient (Wildman–Crippen LogP) is 4.45. The number of hydrogen-bond donors (Lipinski definition) is 1. The highest BCUT2D eigenvalue weighted by molar-refractivity contribution is 7.15. The molecule has 7 nitrogen and oxygen atoms in total. The highest BCUT2D eigenvalue weighted by Gasteiger charge is 2.20. The zero-order chi connectivity index (χ0) is 22.3. The van der Waals surface area contributed by atoms with Crippen molar-refractivity contribution in [3.63, 3.8) is 0 Å². The van der Waals surface area contributed by atoms with Crippen LogP contribution in [0.3, 0.4) is 0 Å². The van der Waals surface area contributed by atoms with Crippen LogP contribution in [0, 0.1) is 0 Å². The Morgan fingerprint density at radius 1 is 1.03 bits per heavy atom. The van der Waals surface area contributed by atoms with Crippen molar-refractivity contribution >= 4 is 28.3 Å². The Hall–Kier alpha value is -2.61. The first-order valence-electron chi connectivity index (χ1n) is 11.6. The van der Waals surface area contributed by atoms with E-state index < -0.39 is 0 Å². The SMILES string of the molecule is CCOc1cc(C(=O)Nc2nc3c(s2)CCCCC3)ccc1OCC(=O)N1CCCCC1. The average molecular weight is 458 g/mol. The van der Waals surface area contributed by atoms with Crippen LogP contribution >= 0.6 is 11.3 Å². The van der Waals surface area contributed by atoms with Crippen LogP contribution in [0.5, 0.6) is 11.5 Å². The van der Waals surface area contributed by atoms with Gasteiger partial charge in [-0.05, 0) is 70.1 Å². The maximum Gasteiger partial charge on any atom is 0.260 e. The minimum absolute atomic E-state index is 0.0162. The van der Waals surface area contributed by atoms with Crippen LogP contribution < -0.4 is 14.8 Å². The molecule has 1 aliphatic carbocycles. The monoisotopic (exact) mass is 457 g/mol. The summed E-state index contributed by atoms with van der Waals surface area (Å²) in [5.74, 6) is 0.680. The van der Waals surface area contributed by atoms with Gasteiger partial charge in [0.15, 0.2) is 23.2 Å². The van der Waals surface area contributed by atoms with Gasteiger partial charge in [-0.2, -0.15) is 0 Å². The largest absolute Gasteiger partial charge is 0.490 e. The van der Waals surface area contributed by atoms with E-state index >= 15 is 0 Å². The van der Waals surface area contributed by atoms with Gasteiger partial charge in [-0.1, -0.05) is 6.42 Å². The lowest BCUT2D eigenvalue weighted by Crippen LogP contribution is -2.38. The summed E-state index contributed by atoms with van der Waals surface area (Å²) in [7, 11) is 0. The molecule has 2 aromatic rings. The van der Waals surface area contributed by atoms with Crippen LogP contribution in [-0.4, -0.2) is 48.0 Å². The number of anilines is 1. The van der Waals surface area contributed by atoms with Crippen LogP contribution in [0.2, 0.25) is 0 Å². The molecule has 1 aliphatic heterocycles. The van der Waals surface area contributed by atoms with E-state index in [1.807, 2.05) is 11.8 Å². The van der Waals surface area contributed by atoms with Crippen molar-refractivity contribution in [1.82, 2.24) is 9.88 Å². The summed E-state index contributed by atoms with van der Waals surface area (Å²) in [6, 6.07) is 5.05. The normalized spacial score (nSPS) is 16.1. The zero-order valence-electron chi connectivity index (χ0n) is 18.7. The number of rotatable bonds is 7. The first-order chi connectivity index (χ1) is 15.6. The molecule has 1 N–H and O–H groups in total. The molecular weight excluding hydrogens is 426 g/mol. The van der Waals surface area contributed by atoms with E-state index in [1.165, 1.54) is 24.1 Å². The van der Waals surface area contributed by atoms with Crippen molar-refractivity contribution in [3.8, 4) is 11.5 Å². The van der Waals surface area contributed by atoms with Gasteiger partial charge in [0, 0.05) is 23.5 Å². The number of benzene rings is 1. The summed E-state index contributed by atoms with van der Waals surface area (Å²) < 4.78 is 11.5. The molecule has 1 saturated heterocycles. The average Bonchev–Trinajstić information content (AvgIpc) is 3.06. The Bertz CT molecular complexity index is 929. The number of hydrogen-bond acceptors (Lipinski definition) is 6. The third-order valence-electron chi connectivity index (χ3n) is 5.88. The maximum atomic E-state index is 12.8. The van der Waals surface area contributed by atoms with E-state index in [-0.39, 0.29) is 18.4 Å². The Morgan fingerprint density at radius 3 is 2.62 bits per heavy atom. The number of piperidine rings is 1. The summed E-state index contributed by atoms with van der Waals surface area (Å²) in [6.45, 7) is 3.86. The molecule has 0 bridgehead atoms. The number of aromatic nitrogens is 1. The van der Waals surface area contributed by atoms with Crippen LogP contribution in [0.4, 0.5) is 5.13 Å². The first kappa shape index (κ1) is 22.6. The van der Waals surface area contributed by atoms with Gasteiger partial charge in [-0.15, -0.1) is 11.3 Å². The third-order valence-corrected chi connectivity index (χ3v) is 6.95. The summed E-state index contributed by atoms with van der Waals surface area (Å²) >= 11 is 1.57. The number of nitrogens with zero attached hydrogens (tertiary/aromatic N) is 2. The molecule has 1 aromatic heterocycles.